The van der Waals surface area contributed by atoms with E-state index < -0.39 is 16.0 Å². The molecule has 112 valence electrons. The van der Waals surface area contributed by atoms with Crippen molar-refractivity contribution in [1.82, 2.24) is 9.46 Å². The summed E-state index contributed by atoms with van der Waals surface area (Å²) in [5, 5.41) is 14.2. The molecule has 0 saturated carbocycles. The zero-order chi connectivity index (χ0) is 14.9. The van der Waals surface area contributed by atoms with Crippen LogP contribution in [0.5, 0.6) is 0 Å². The standard InChI is InChI=1S/C11H17N3O5S/c1-8-11(9(2)19-12-8)20(17,18)14-5-3-13(4-6-14)7-10(15)16/h3-7H2,1-2H3,(H,15,16). The van der Waals surface area contributed by atoms with E-state index in [1.807, 2.05) is 0 Å². The number of aryl methyl sites for hydroxylation is 2. The third-order valence-electron chi connectivity index (χ3n) is 3.39. The Hall–Kier alpha value is -1.45. The number of hydrogen-bond donors (Lipinski definition) is 1. The minimum absolute atomic E-state index is 0.0980. The normalized spacial score (nSPS) is 18.3. The van der Waals surface area contributed by atoms with E-state index in [1.54, 1.807) is 13.8 Å². The topological polar surface area (TPSA) is 108 Å². The molecule has 2 heterocycles. The molecule has 9 heteroatoms. The average molecular weight is 303 g/mol. The lowest BCUT2D eigenvalue weighted by atomic mass is 10.3. The van der Waals surface area contributed by atoms with Crippen molar-refractivity contribution in [3.63, 3.8) is 0 Å². The Morgan fingerprint density at radius 2 is 2.00 bits per heavy atom. The largest absolute Gasteiger partial charge is 0.544 e. The molecule has 1 aliphatic rings. The highest BCUT2D eigenvalue weighted by Crippen LogP contribution is 2.22. The van der Waals surface area contributed by atoms with Gasteiger partial charge >= 0.3 is 0 Å². The van der Waals surface area contributed by atoms with Crippen LogP contribution in [0.2, 0.25) is 0 Å². The van der Waals surface area contributed by atoms with Crippen molar-refractivity contribution in [3.8, 4) is 0 Å². The van der Waals surface area contributed by atoms with E-state index in [9.17, 15) is 18.3 Å². The predicted octanol–water partition coefficient (Wildman–Crippen LogP) is -3.07. The molecule has 0 aliphatic carbocycles. The highest BCUT2D eigenvalue weighted by molar-refractivity contribution is 7.89. The first-order valence-corrected chi connectivity index (χ1v) is 7.73. The summed E-state index contributed by atoms with van der Waals surface area (Å²) in [4.78, 5) is 11.5. The van der Waals surface area contributed by atoms with Gasteiger partial charge in [0, 0.05) is 0 Å². The van der Waals surface area contributed by atoms with Gasteiger partial charge in [0.05, 0.1) is 32.1 Å². The van der Waals surface area contributed by atoms with Crippen LogP contribution in [-0.2, 0) is 14.8 Å². The molecule has 8 nitrogen and oxygen atoms in total. The van der Waals surface area contributed by atoms with Gasteiger partial charge in [0.25, 0.3) is 0 Å². The van der Waals surface area contributed by atoms with Crippen LogP contribution >= 0.6 is 0 Å². The van der Waals surface area contributed by atoms with Crippen molar-refractivity contribution >= 4 is 16.0 Å². The van der Waals surface area contributed by atoms with Gasteiger partial charge in [0.2, 0.25) is 10.0 Å². The fourth-order valence-electron chi connectivity index (χ4n) is 2.40. The van der Waals surface area contributed by atoms with E-state index in [0.29, 0.717) is 18.8 Å². The summed E-state index contributed by atoms with van der Waals surface area (Å²) in [6, 6.07) is 0. The maximum Gasteiger partial charge on any atom is 0.248 e. The fraction of sp³-hybridized carbons (Fsp3) is 0.636. The molecule has 1 aromatic rings. The minimum Gasteiger partial charge on any atom is -0.544 e. The molecule has 2 rings (SSSR count). The Morgan fingerprint density at radius 1 is 1.40 bits per heavy atom. The lowest BCUT2D eigenvalue weighted by molar-refractivity contribution is -0.898. The average Bonchev–Trinajstić information content (AvgIpc) is 2.69. The first-order chi connectivity index (χ1) is 9.32. The minimum atomic E-state index is -3.63. The second kappa shape index (κ2) is 5.51. The number of rotatable bonds is 4. The Morgan fingerprint density at radius 3 is 2.45 bits per heavy atom. The Labute approximate surface area is 117 Å². The molecular formula is C11H17N3O5S. The summed E-state index contributed by atoms with van der Waals surface area (Å²) in [7, 11) is -3.63. The molecule has 0 unspecified atom stereocenters. The van der Waals surface area contributed by atoms with Crippen LogP contribution in [-0.4, -0.2) is 56.6 Å². The molecule has 0 bridgehead atoms. The van der Waals surface area contributed by atoms with Crippen LogP contribution in [0.3, 0.4) is 0 Å². The number of carboxylic acids is 1. The van der Waals surface area contributed by atoms with Crippen LogP contribution in [0.1, 0.15) is 11.5 Å². The van der Waals surface area contributed by atoms with Crippen molar-refractivity contribution in [2.75, 3.05) is 32.7 Å². The first-order valence-electron chi connectivity index (χ1n) is 6.29. The van der Waals surface area contributed by atoms with E-state index >= 15 is 0 Å². The van der Waals surface area contributed by atoms with Gasteiger partial charge in [0.15, 0.2) is 5.76 Å². The molecule has 1 fully saturated rings. The number of carbonyl (C=O) groups excluding carboxylic acids is 1. The molecular weight excluding hydrogens is 286 g/mol. The lowest BCUT2D eigenvalue weighted by Crippen LogP contribution is -3.16. The summed E-state index contributed by atoms with van der Waals surface area (Å²) in [6.45, 7) is 4.47. The number of sulfonamides is 1. The second-order valence-corrected chi connectivity index (χ2v) is 6.73. The maximum absolute atomic E-state index is 12.5. The van der Waals surface area contributed by atoms with Crippen molar-refractivity contribution in [3.05, 3.63) is 11.5 Å². The summed E-state index contributed by atoms with van der Waals surface area (Å²) in [6.07, 6.45) is 0. The summed E-state index contributed by atoms with van der Waals surface area (Å²) in [5.74, 6) is -0.853. The molecule has 1 saturated heterocycles. The van der Waals surface area contributed by atoms with Crippen LogP contribution in [0.25, 0.3) is 0 Å². The predicted molar refractivity (Wildman–Crippen MR) is 65.3 cm³/mol. The van der Waals surface area contributed by atoms with Crippen molar-refractivity contribution in [2.24, 2.45) is 0 Å². The SMILES string of the molecule is Cc1noc(C)c1S(=O)(=O)N1CC[NH+](CC(=O)[O-])CC1. The quantitative estimate of drug-likeness (QED) is 0.632. The molecule has 0 amide bonds. The van der Waals surface area contributed by atoms with E-state index in [-0.39, 0.29) is 30.3 Å². The third-order valence-corrected chi connectivity index (χ3v) is 5.53. The first kappa shape index (κ1) is 14.9. The number of hydrogen-bond acceptors (Lipinski definition) is 6. The molecule has 0 atom stereocenters. The van der Waals surface area contributed by atoms with Crippen molar-refractivity contribution in [1.29, 1.82) is 0 Å². The van der Waals surface area contributed by atoms with Gasteiger partial charge in [-0.2, -0.15) is 4.31 Å². The van der Waals surface area contributed by atoms with Gasteiger partial charge in [-0.1, -0.05) is 5.16 Å². The maximum atomic E-state index is 12.5. The third kappa shape index (κ3) is 2.84. The van der Waals surface area contributed by atoms with Crippen molar-refractivity contribution in [2.45, 2.75) is 18.7 Å². The summed E-state index contributed by atoms with van der Waals surface area (Å²) < 4.78 is 31.3. The summed E-state index contributed by atoms with van der Waals surface area (Å²) in [5.41, 5.74) is 0.340. The van der Waals surface area contributed by atoms with E-state index in [0.717, 1.165) is 4.90 Å². The molecule has 0 radical (unpaired) electrons. The molecule has 20 heavy (non-hydrogen) atoms. The van der Waals surface area contributed by atoms with Gasteiger partial charge in [-0.3, -0.25) is 0 Å². The van der Waals surface area contributed by atoms with Crippen LogP contribution < -0.4 is 10.0 Å². The second-order valence-electron chi connectivity index (χ2n) is 4.86. The van der Waals surface area contributed by atoms with Gasteiger partial charge in [0.1, 0.15) is 17.1 Å². The Bertz CT molecular complexity index is 582. The number of quaternary nitrogens is 1. The van der Waals surface area contributed by atoms with Gasteiger partial charge in [-0.05, 0) is 13.8 Å². The highest BCUT2D eigenvalue weighted by atomic mass is 32.2. The molecule has 0 aromatic carbocycles. The van der Waals surface area contributed by atoms with Gasteiger partial charge < -0.3 is 19.3 Å². The Balaban J connectivity index is 2.12. The van der Waals surface area contributed by atoms with Crippen molar-refractivity contribution < 1.29 is 27.7 Å². The number of carboxylic acid groups (broad SMARTS) is 1. The van der Waals surface area contributed by atoms with Gasteiger partial charge in [-0.15, -0.1) is 0 Å². The zero-order valence-corrected chi connectivity index (χ0v) is 12.2. The zero-order valence-electron chi connectivity index (χ0n) is 11.4. The monoisotopic (exact) mass is 303 g/mol. The Kier molecular flexibility index (Phi) is 4.11. The van der Waals surface area contributed by atoms with Crippen LogP contribution in [0, 0.1) is 13.8 Å². The fourth-order valence-corrected chi connectivity index (χ4v) is 4.13. The number of carbonyl (C=O) groups is 1. The number of piperazine rings is 1. The molecule has 1 aromatic heterocycles. The number of nitrogens with one attached hydrogen (secondary N) is 1. The lowest BCUT2D eigenvalue weighted by Gasteiger charge is -2.31. The summed E-state index contributed by atoms with van der Waals surface area (Å²) >= 11 is 0. The smallest absolute Gasteiger partial charge is 0.248 e. The van der Waals surface area contributed by atoms with Crippen LogP contribution in [0.15, 0.2) is 9.42 Å². The molecule has 1 aliphatic heterocycles. The number of nitrogens with zero attached hydrogens (tertiary/aromatic N) is 2. The van der Waals surface area contributed by atoms with E-state index in [1.165, 1.54) is 4.31 Å². The van der Waals surface area contributed by atoms with E-state index in [2.05, 4.69) is 5.16 Å². The number of aromatic nitrogens is 1. The van der Waals surface area contributed by atoms with E-state index in [4.69, 9.17) is 4.52 Å². The molecule has 0 spiro atoms. The number of aliphatic carboxylic acids is 1. The highest BCUT2D eigenvalue weighted by Gasteiger charge is 2.34. The van der Waals surface area contributed by atoms with Gasteiger partial charge in [-0.25, -0.2) is 8.42 Å². The molecule has 1 N–H and O–H groups in total. The van der Waals surface area contributed by atoms with Crippen LogP contribution in [0.4, 0.5) is 0 Å².